The molecule has 0 aliphatic rings. The molecule has 0 aromatic carbocycles. The van der Waals surface area contributed by atoms with Crippen molar-refractivity contribution in [3.63, 3.8) is 0 Å². The highest BCUT2D eigenvalue weighted by atomic mass is 16.4. The van der Waals surface area contributed by atoms with Crippen molar-refractivity contribution in [1.82, 2.24) is 0 Å². The first-order valence-electron chi connectivity index (χ1n) is 13.4. The number of hydrogen-bond donors (Lipinski definition) is 2. The molecule has 0 saturated carbocycles. The van der Waals surface area contributed by atoms with Gasteiger partial charge in [-0.3, -0.25) is 4.79 Å². The molecule has 0 aliphatic carbocycles. The molecule has 4 heteroatoms. The Morgan fingerprint density at radius 3 is 1.61 bits per heavy atom. The second-order valence-corrected chi connectivity index (χ2v) is 10.9. The van der Waals surface area contributed by atoms with Gasteiger partial charge in [0.1, 0.15) is 12.1 Å². The molecule has 0 rings (SSSR count). The van der Waals surface area contributed by atoms with Crippen molar-refractivity contribution in [2.45, 2.75) is 141 Å². The van der Waals surface area contributed by atoms with Crippen LogP contribution in [-0.2, 0) is 4.79 Å². The number of carboxylic acids is 1. The molecule has 31 heavy (non-hydrogen) atoms. The van der Waals surface area contributed by atoms with Crippen LogP contribution in [0.4, 0.5) is 0 Å². The van der Waals surface area contributed by atoms with Gasteiger partial charge in [0.05, 0.1) is 20.6 Å². The maximum absolute atomic E-state index is 10.9. The van der Waals surface area contributed by atoms with Gasteiger partial charge >= 0.3 is 5.97 Å². The van der Waals surface area contributed by atoms with E-state index in [4.69, 9.17) is 5.11 Å². The average Bonchev–Trinajstić information content (AvgIpc) is 2.67. The first-order chi connectivity index (χ1) is 14.7. The zero-order valence-electron chi connectivity index (χ0n) is 21.6. The highest BCUT2D eigenvalue weighted by molar-refractivity contribution is 5.66. The van der Waals surface area contributed by atoms with E-state index in [1.807, 2.05) is 6.92 Å². The standard InChI is InChI=1S/C27H55NO3/c1-5-6-7-8-9-10-11-12-13-14-17-20-23-27(2,31)25-28(3,4)24-21-18-15-16-19-22-26(29)30/h31H,5-25H2,1-4H3/p+1. The Morgan fingerprint density at radius 1 is 0.710 bits per heavy atom. The van der Waals surface area contributed by atoms with E-state index in [9.17, 15) is 9.90 Å². The first-order valence-corrected chi connectivity index (χ1v) is 13.4. The van der Waals surface area contributed by atoms with Crippen molar-refractivity contribution in [1.29, 1.82) is 0 Å². The Labute approximate surface area is 194 Å². The molecule has 0 amide bonds. The van der Waals surface area contributed by atoms with E-state index >= 15 is 0 Å². The first kappa shape index (κ1) is 30.4. The fourth-order valence-corrected chi connectivity index (χ4v) is 4.77. The van der Waals surface area contributed by atoms with Gasteiger partial charge in [-0.2, -0.15) is 0 Å². The zero-order valence-corrected chi connectivity index (χ0v) is 21.6. The summed E-state index contributed by atoms with van der Waals surface area (Å²) in [7, 11) is 4.45. The van der Waals surface area contributed by atoms with Gasteiger partial charge in [-0.25, -0.2) is 0 Å². The average molecular weight is 443 g/mol. The molecule has 2 N–H and O–H groups in total. The van der Waals surface area contributed by atoms with Gasteiger partial charge in [-0.05, 0) is 32.6 Å². The van der Waals surface area contributed by atoms with Gasteiger partial charge in [0, 0.05) is 6.42 Å². The third kappa shape index (κ3) is 22.4. The second-order valence-electron chi connectivity index (χ2n) is 10.9. The Kier molecular flexibility index (Phi) is 18.5. The molecule has 0 bridgehead atoms. The number of unbranched alkanes of at least 4 members (excludes halogenated alkanes) is 15. The molecular formula is C27H56NO3+. The fraction of sp³-hybridized carbons (Fsp3) is 0.963. The SMILES string of the molecule is CCCCCCCCCCCCCCC(C)(O)C[N+](C)(C)CCCCCCCC(=O)O. The molecule has 0 fully saturated rings. The summed E-state index contributed by atoms with van der Waals surface area (Å²) >= 11 is 0. The van der Waals surface area contributed by atoms with Crippen LogP contribution in [0.5, 0.6) is 0 Å². The summed E-state index contributed by atoms with van der Waals surface area (Å²) in [6, 6.07) is 0. The number of aliphatic hydroxyl groups is 1. The van der Waals surface area contributed by atoms with Crippen molar-refractivity contribution >= 4 is 5.97 Å². The van der Waals surface area contributed by atoms with Gasteiger partial charge in [0.2, 0.25) is 0 Å². The van der Waals surface area contributed by atoms with E-state index < -0.39 is 11.6 Å². The number of likely N-dealkylation sites (N-methyl/N-ethyl adjacent to an activating group) is 1. The molecule has 0 heterocycles. The van der Waals surface area contributed by atoms with Crippen molar-refractivity contribution in [2.24, 2.45) is 0 Å². The van der Waals surface area contributed by atoms with Crippen molar-refractivity contribution < 1.29 is 19.5 Å². The third-order valence-corrected chi connectivity index (χ3v) is 6.49. The minimum Gasteiger partial charge on any atom is -0.481 e. The molecule has 4 nitrogen and oxygen atoms in total. The van der Waals surface area contributed by atoms with Crippen LogP contribution in [0.2, 0.25) is 0 Å². The van der Waals surface area contributed by atoms with Gasteiger partial charge in [-0.1, -0.05) is 96.8 Å². The molecule has 1 unspecified atom stereocenters. The lowest BCUT2D eigenvalue weighted by molar-refractivity contribution is -0.896. The van der Waals surface area contributed by atoms with E-state index in [1.165, 1.54) is 70.6 Å². The largest absolute Gasteiger partial charge is 0.481 e. The van der Waals surface area contributed by atoms with Crippen LogP contribution in [0, 0.1) is 0 Å². The smallest absolute Gasteiger partial charge is 0.303 e. The molecule has 0 radical (unpaired) electrons. The lowest BCUT2D eigenvalue weighted by Gasteiger charge is -2.36. The number of quaternary nitrogens is 1. The molecule has 0 spiro atoms. The lowest BCUT2D eigenvalue weighted by atomic mass is 9.96. The minimum absolute atomic E-state index is 0.295. The molecule has 0 aromatic rings. The van der Waals surface area contributed by atoms with Crippen LogP contribution in [0.15, 0.2) is 0 Å². The molecule has 0 aliphatic heterocycles. The minimum atomic E-state index is -0.687. The van der Waals surface area contributed by atoms with E-state index in [2.05, 4.69) is 21.0 Å². The summed E-state index contributed by atoms with van der Waals surface area (Å²) in [5, 5.41) is 19.5. The Balaban J connectivity index is 3.66. The van der Waals surface area contributed by atoms with E-state index in [1.54, 1.807) is 0 Å². The Morgan fingerprint density at radius 2 is 1.13 bits per heavy atom. The van der Waals surface area contributed by atoms with Crippen molar-refractivity contribution in [3.05, 3.63) is 0 Å². The summed E-state index contributed by atoms with van der Waals surface area (Å²) in [5.41, 5.74) is -0.580. The monoisotopic (exact) mass is 442 g/mol. The number of hydrogen-bond acceptors (Lipinski definition) is 2. The number of rotatable bonds is 23. The van der Waals surface area contributed by atoms with E-state index in [0.29, 0.717) is 6.42 Å². The highest BCUT2D eigenvalue weighted by Crippen LogP contribution is 2.20. The molecule has 0 aromatic heterocycles. The van der Waals surface area contributed by atoms with E-state index in [-0.39, 0.29) is 0 Å². The lowest BCUT2D eigenvalue weighted by Crippen LogP contribution is -2.50. The number of aliphatic carboxylic acids is 1. The highest BCUT2D eigenvalue weighted by Gasteiger charge is 2.29. The van der Waals surface area contributed by atoms with Crippen molar-refractivity contribution in [2.75, 3.05) is 27.2 Å². The summed E-state index contributed by atoms with van der Waals surface area (Å²) in [6.07, 6.45) is 22.6. The predicted molar refractivity (Wildman–Crippen MR) is 133 cm³/mol. The third-order valence-electron chi connectivity index (χ3n) is 6.49. The fourth-order valence-electron chi connectivity index (χ4n) is 4.77. The quantitative estimate of drug-likeness (QED) is 0.129. The Hall–Kier alpha value is -0.610. The van der Waals surface area contributed by atoms with E-state index in [0.717, 1.165) is 62.5 Å². The number of nitrogens with zero attached hydrogens (tertiary/aromatic N) is 1. The van der Waals surface area contributed by atoms with Crippen molar-refractivity contribution in [3.8, 4) is 0 Å². The molecule has 1 atom stereocenters. The topological polar surface area (TPSA) is 57.5 Å². The summed E-state index contributed by atoms with van der Waals surface area (Å²) in [6.45, 7) is 6.17. The van der Waals surface area contributed by atoms with Crippen LogP contribution < -0.4 is 0 Å². The van der Waals surface area contributed by atoms with Crippen LogP contribution in [-0.4, -0.2) is 53.5 Å². The molecule has 0 saturated heterocycles. The summed E-state index contributed by atoms with van der Waals surface area (Å²) in [4.78, 5) is 10.5. The maximum Gasteiger partial charge on any atom is 0.303 e. The number of carboxylic acid groups (broad SMARTS) is 1. The molecular weight excluding hydrogens is 386 g/mol. The van der Waals surface area contributed by atoms with Crippen LogP contribution in [0.3, 0.4) is 0 Å². The van der Waals surface area contributed by atoms with Gasteiger partial charge < -0.3 is 14.7 Å². The summed E-state index contributed by atoms with van der Waals surface area (Å²) in [5.74, 6) is -0.687. The normalized spacial score (nSPS) is 14.0. The van der Waals surface area contributed by atoms with Gasteiger partial charge in [-0.15, -0.1) is 0 Å². The zero-order chi connectivity index (χ0) is 23.4. The second kappa shape index (κ2) is 18.9. The van der Waals surface area contributed by atoms with Crippen LogP contribution in [0.1, 0.15) is 136 Å². The van der Waals surface area contributed by atoms with Crippen LogP contribution >= 0.6 is 0 Å². The summed E-state index contributed by atoms with van der Waals surface area (Å²) < 4.78 is 0.861. The number of carbonyl (C=O) groups is 1. The Bertz CT molecular complexity index is 421. The van der Waals surface area contributed by atoms with Gasteiger partial charge in [0.15, 0.2) is 0 Å². The van der Waals surface area contributed by atoms with Crippen LogP contribution in [0.25, 0.3) is 0 Å². The van der Waals surface area contributed by atoms with Gasteiger partial charge in [0.25, 0.3) is 0 Å². The molecule has 186 valence electrons. The predicted octanol–water partition coefficient (Wildman–Crippen LogP) is 7.33. The maximum atomic E-state index is 10.9.